The maximum atomic E-state index is 13.5. The van der Waals surface area contributed by atoms with Gasteiger partial charge in [0.15, 0.2) is 5.78 Å². The average Bonchev–Trinajstić information content (AvgIpc) is 2.23. The second-order valence-corrected chi connectivity index (χ2v) is 5.70. The summed E-state index contributed by atoms with van der Waals surface area (Å²) in [6.07, 6.45) is 0.108. The first-order chi connectivity index (χ1) is 7.75. The highest BCUT2D eigenvalue weighted by Crippen LogP contribution is 2.20. The van der Waals surface area contributed by atoms with Crippen LogP contribution >= 0.6 is 15.9 Å². The van der Waals surface area contributed by atoms with Gasteiger partial charge in [0, 0.05) is 10.9 Å². The summed E-state index contributed by atoms with van der Waals surface area (Å²) >= 11 is 3.28. The van der Waals surface area contributed by atoms with E-state index in [1.165, 1.54) is 6.07 Å². The molecule has 0 radical (unpaired) electrons. The van der Waals surface area contributed by atoms with Crippen molar-refractivity contribution in [3.05, 3.63) is 34.1 Å². The SMILES string of the molecule is CN(C)C(C)(C)C(=O)Cc1cc(Br)ccc1F. The van der Waals surface area contributed by atoms with Crippen molar-refractivity contribution in [1.82, 2.24) is 4.90 Å². The lowest BCUT2D eigenvalue weighted by Gasteiger charge is -2.31. The quantitative estimate of drug-likeness (QED) is 0.852. The van der Waals surface area contributed by atoms with Gasteiger partial charge < -0.3 is 0 Å². The van der Waals surface area contributed by atoms with Crippen molar-refractivity contribution >= 4 is 21.7 Å². The normalized spacial score (nSPS) is 11.9. The summed E-state index contributed by atoms with van der Waals surface area (Å²) in [7, 11) is 3.68. The third-order valence-electron chi connectivity index (χ3n) is 3.16. The maximum absolute atomic E-state index is 13.5. The van der Waals surface area contributed by atoms with Gasteiger partial charge in [-0.05, 0) is 51.7 Å². The van der Waals surface area contributed by atoms with E-state index in [-0.39, 0.29) is 18.0 Å². The molecule has 0 atom stereocenters. The van der Waals surface area contributed by atoms with Gasteiger partial charge in [-0.1, -0.05) is 15.9 Å². The molecular formula is C13H17BrFNO. The number of rotatable bonds is 4. The van der Waals surface area contributed by atoms with Crippen LogP contribution in [0.3, 0.4) is 0 Å². The zero-order valence-electron chi connectivity index (χ0n) is 10.6. The molecule has 0 aromatic heterocycles. The Labute approximate surface area is 110 Å². The molecule has 0 heterocycles. The molecular weight excluding hydrogens is 285 g/mol. The summed E-state index contributed by atoms with van der Waals surface area (Å²) < 4.78 is 14.3. The van der Waals surface area contributed by atoms with E-state index in [1.807, 2.05) is 32.8 Å². The predicted molar refractivity (Wildman–Crippen MR) is 70.6 cm³/mol. The Bertz CT molecular complexity index is 429. The molecule has 1 aromatic rings. The zero-order chi connectivity index (χ0) is 13.2. The molecule has 0 fully saturated rings. The van der Waals surface area contributed by atoms with Crippen molar-refractivity contribution < 1.29 is 9.18 Å². The van der Waals surface area contributed by atoms with Crippen LogP contribution in [0.2, 0.25) is 0 Å². The number of nitrogens with zero attached hydrogens (tertiary/aromatic N) is 1. The second-order valence-electron chi connectivity index (χ2n) is 4.79. The van der Waals surface area contributed by atoms with Gasteiger partial charge in [-0.15, -0.1) is 0 Å². The molecule has 0 saturated heterocycles. The Balaban J connectivity index is 2.92. The fourth-order valence-electron chi connectivity index (χ4n) is 1.32. The summed E-state index contributed by atoms with van der Waals surface area (Å²) in [5.41, 5.74) is -0.159. The van der Waals surface area contributed by atoms with Gasteiger partial charge in [-0.3, -0.25) is 9.69 Å². The minimum atomic E-state index is -0.589. The van der Waals surface area contributed by atoms with Crippen molar-refractivity contribution in [3.8, 4) is 0 Å². The zero-order valence-corrected chi connectivity index (χ0v) is 12.1. The van der Waals surface area contributed by atoms with E-state index in [0.717, 1.165) is 4.47 Å². The van der Waals surface area contributed by atoms with Crippen LogP contribution in [-0.2, 0) is 11.2 Å². The molecule has 0 N–H and O–H groups in total. The van der Waals surface area contributed by atoms with Crippen LogP contribution in [-0.4, -0.2) is 30.3 Å². The highest BCUT2D eigenvalue weighted by Gasteiger charge is 2.30. The Morgan fingerprint density at radius 2 is 2.00 bits per heavy atom. The number of carbonyl (C=O) groups is 1. The molecule has 0 spiro atoms. The lowest BCUT2D eigenvalue weighted by Crippen LogP contribution is -2.46. The molecule has 2 nitrogen and oxygen atoms in total. The molecule has 4 heteroatoms. The van der Waals surface area contributed by atoms with Crippen LogP contribution in [0, 0.1) is 5.82 Å². The highest BCUT2D eigenvalue weighted by atomic mass is 79.9. The number of likely N-dealkylation sites (N-methyl/N-ethyl adjacent to an activating group) is 1. The van der Waals surface area contributed by atoms with E-state index in [4.69, 9.17) is 0 Å². The third-order valence-corrected chi connectivity index (χ3v) is 3.65. The van der Waals surface area contributed by atoms with Gasteiger partial charge in [0.25, 0.3) is 0 Å². The van der Waals surface area contributed by atoms with Gasteiger partial charge in [0.05, 0.1) is 5.54 Å². The summed E-state index contributed by atoms with van der Waals surface area (Å²) in [6.45, 7) is 3.68. The van der Waals surface area contributed by atoms with E-state index in [1.54, 1.807) is 12.1 Å². The summed E-state index contributed by atoms with van der Waals surface area (Å²) in [5, 5.41) is 0. The van der Waals surface area contributed by atoms with E-state index >= 15 is 0 Å². The van der Waals surface area contributed by atoms with Gasteiger partial charge in [-0.25, -0.2) is 4.39 Å². The number of halogens is 2. The largest absolute Gasteiger partial charge is 0.298 e. The fraction of sp³-hybridized carbons (Fsp3) is 0.462. The highest BCUT2D eigenvalue weighted by molar-refractivity contribution is 9.10. The number of hydrogen-bond acceptors (Lipinski definition) is 2. The number of benzene rings is 1. The van der Waals surface area contributed by atoms with Crippen LogP contribution < -0.4 is 0 Å². The monoisotopic (exact) mass is 301 g/mol. The van der Waals surface area contributed by atoms with Crippen molar-refractivity contribution in [3.63, 3.8) is 0 Å². The molecule has 0 aliphatic carbocycles. The van der Waals surface area contributed by atoms with Crippen LogP contribution in [0.15, 0.2) is 22.7 Å². The van der Waals surface area contributed by atoms with Crippen molar-refractivity contribution in [2.24, 2.45) is 0 Å². The van der Waals surface area contributed by atoms with Crippen LogP contribution in [0.25, 0.3) is 0 Å². The fourth-order valence-corrected chi connectivity index (χ4v) is 1.73. The molecule has 0 aliphatic rings. The molecule has 0 bridgehead atoms. The van der Waals surface area contributed by atoms with Gasteiger partial charge in [0.2, 0.25) is 0 Å². The molecule has 17 heavy (non-hydrogen) atoms. The van der Waals surface area contributed by atoms with E-state index in [2.05, 4.69) is 15.9 Å². The summed E-state index contributed by atoms with van der Waals surface area (Å²) in [6, 6.07) is 4.65. The Hall–Kier alpha value is -0.740. The number of hydrogen-bond donors (Lipinski definition) is 0. The maximum Gasteiger partial charge on any atom is 0.156 e. The first-order valence-corrected chi connectivity index (χ1v) is 6.19. The smallest absolute Gasteiger partial charge is 0.156 e. The van der Waals surface area contributed by atoms with Crippen molar-refractivity contribution in [1.29, 1.82) is 0 Å². The standard InChI is InChI=1S/C13H17BrFNO/c1-13(2,16(3)4)12(17)8-9-7-10(14)5-6-11(9)15/h5-7H,8H2,1-4H3. The molecule has 0 aliphatic heterocycles. The van der Waals surface area contributed by atoms with E-state index < -0.39 is 5.54 Å². The number of ketones is 1. The molecule has 0 saturated carbocycles. The van der Waals surface area contributed by atoms with Crippen molar-refractivity contribution in [2.45, 2.75) is 25.8 Å². The molecule has 94 valence electrons. The second kappa shape index (κ2) is 5.27. The average molecular weight is 302 g/mol. The lowest BCUT2D eigenvalue weighted by atomic mass is 9.92. The topological polar surface area (TPSA) is 20.3 Å². The van der Waals surface area contributed by atoms with Gasteiger partial charge in [0.1, 0.15) is 5.82 Å². The minimum Gasteiger partial charge on any atom is -0.298 e. The Kier molecular flexibility index (Phi) is 4.44. The van der Waals surface area contributed by atoms with Crippen LogP contribution in [0.4, 0.5) is 4.39 Å². The molecule has 0 unspecified atom stereocenters. The third kappa shape index (κ3) is 3.36. The molecule has 1 aromatic carbocycles. The summed E-state index contributed by atoms with van der Waals surface area (Å²) in [4.78, 5) is 14.0. The van der Waals surface area contributed by atoms with Gasteiger partial charge >= 0.3 is 0 Å². The van der Waals surface area contributed by atoms with E-state index in [9.17, 15) is 9.18 Å². The first kappa shape index (κ1) is 14.3. The predicted octanol–water partition coefficient (Wildman–Crippen LogP) is 3.04. The van der Waals surface area contributed by atoms with Gasteiger partial charge in [-0.2, -0.15) is 0 Å². The number of carbonyl (C=O) groups excluding carboxylic acids is 1. The van der Waals surface area contributed by atoms with Crippen molar-refractivity contribution in [2.75, 3.05) is 14.1 Å². The van der Waals surface area contributed by atoms with E-state index in [0.29, 0.717) is 5.56 Å². The van der Waals surface area contributed by atoms with Crippen LogP contribution in [0.5, 0.6) is 0 Å². The minimum absolute atomic E-state index is 0.000463. The van der Waals surface area contributed by atoms with Crippen LogP contribution in [0.1, 0.15) is 19.4 Å². The lowest BCUT2D eigenvalue weighted by molar-refractivity contribution is -0.127. The summed E-state index contributed by atoms with van der Waals surface area (Å²) in [5.74, 6) is -0.337. The molecule has 1 rings (SSSR count). The first-order valence-electron chi connectivity index (χ1n) is 5.40. The Morgan fingerprint density at radius 1 is 1.41 bits per heavy atom. The number of Topliss-reactive ketones (excluding diaryl/α,β-unsaturated/α-hetero) is 1. The Morgan fingerprint density at radius 3 is 2.53 bits per heavy atom. The molecule has 0 amide bonds.